The normalized spacial score (nSPS) is 13.1. The van der Waals surface area contributed by atoms with Crippen molar-refractivity contribution in [1.82, 2.24) is 9.80 Å². The number of piperazine rings is 1. The number of hydrogen-bond acceptors (Lipinski definition) is 9. The zero-order valence-electron chi connectivity index (χ0n) is 20.0. The minimum Gasteiger partial charge on any atom is -0.496 e. The molecule has 1 fully saturated rings. The molecule has 13 nitrogen and oxygen atoms in total. The first-order chi connectivity index (χ1) is 17.1. The quantitative estimate of drug-likeness (QED) is 0.319. The van der Waals surface area contributed by atoms with Crippen LogP contribution in [0.25, 0.3) is 0 Å². The van der Waals surface area contributed by atoms with Crippen LogP contribution in [0.2, 0.25) is 0 Å². The Morgan fingerprint density at radius 3 is 1.81 bits per heavy atom. The average molecular weight is 505 g/mol. The zero-order chi connectivity index (χ0) is 26.8. The predicted octanol–water partition coefficient (Wildman–Crippen LogP) is 1.73. The monoisotopic (exact) mass is 505 g/mol. The number of benzene rings is 2. The minimum atomic E-state index is -1.82. The minimum absolute atomic E-state index is 0.0276. The van der Waals surface area contributed by atoms with Crippen LogP contribution in [0.15, 0.2) is 36.4 Å². The molecule has 1 aliphatic heterocycles. The first-order valence-corrected chi connectivity index (χ1v) is 10.6. The number of carbonyl (C=O) groups is 3. The Balaban J connectivity index is 0.000000678. The van der Waals surface area contributed by atoms with E-state index in [9.17, 15) is 14.9 Å². The van der Waals surface area contributed by atoms with E-state index in [1.165, 1.54) is 24.3 Å². The van der Waals surface area contributed by atoms with E-state index in [4.69, 9.17) is 34.0 Å². The lowest BCUT2D eigenvalue weighted by Crippen LogP contribution is -2.48. The number of amides is 1. The highest BCUT2D eigenvalue weighted by Gasteiger charge is 2.24. The van der Waals surface area contributed by atoms with Crippen molar-refractivity contribution in [2.24, 2.45) is 0 Å². The highest BCUT2D eigenvalue weighted by Crippen LogP contribution is 2.35. The zero-order valence-corrected chi connectivity index (χ0v) is 20.0. The van der Waals surface area contributed by atoms with Crippen LogP contribution in [0.5, 0.6) is 17.2 Å². The summed E-state index contributed by atoms with van der Waals surface area (Å²) in [6.07, 6.45) is 0. The Labute approximate surface area is 206 Å². The third-order valence-corrected chi connectivity index (χ3v) is 5.35. The molecule has 1 amide bonds. The van der Waals surface area contributed by atoms with E-state index in [0.717, 1.165) is 11.3 Å². The van der Waals surface area contributed by atoms with Crippen molar-refractivity contribution in [2.45, 2.75) is 6.54 Å². The molecule has 3 rings (SSSR count). The van der Waals surface area contributed by atoms with Crippen molar-refractivity contribution < 1.29 is 43.7 Å². The van der Waals surface area contributed by atoms with Crippen molar-refractivity contribution in [2.75, 3.05) is 47.5 Å². The van der Waals surface area contributed by atoms with E-state index >= 15 is 0 Å². The van der Waals surface area contributed by atoms with Crippen molar-refractivity contribution in [3.8, 4) is 17.2 Å². The summed E-state index contributed by atoms with van der Waals surface area (Å²) in [5.74, 6) is -1.80. The van der Waals surface area contributed by atoms with Gasteiger partial charge in [-0.1, -0.05) is 0 Å². The van der Waals surface area contributed by atoms with E-state index < -0.39 is 16.9 Å². The summed E-state index contributed by atoms with van der Waals surface area (Å²) in [6.45, 7) is 3.21. The van der Waals surface area contributed by atoms with E-state index in [-0.39, 0.29) is 11.6 Å². The van der Waals surface area contributed by atoms with Crippen LogP contribution in [0.1, 0.15) is 15.9 Å². The maximum atomic E-state index is 12.7. The van der Waals surface area contributed by atoms with Crippen LogP contribution in [0.3, 0.4) is 0 Å². The smallest absolute Gasteiger partial charge is 0.414 e. The van der Waals surface area contributed by atoms with E-state index in [2.05, 4.69) is 4.90 Å². The van der Waals surface area contributed by atoms with Gasteiger partial charge in [0, 0.05) is 62.0 Å². The molecule has 0 radical (unpaired) electrons. The summed E-state index contributed by atoms with van der Waals surface area (Å²) in [4.78, 5) is 45.2. The summed E-state index contributed by atoms with van der Waals surface area (Å²) < 4.78 is 16.2. The molecule has 0 spiro atoms. The Kier molecular flexibility index (Phi) is 9.98. The summed E-state index contributed by atoms with van der Waals surface area (Å²) >= 11 is 0. The average Bonchev–Trinajstić information content (AvgIpc) is 2.88. The third-order valence-electron chi connectivity index (χ3n) is 5.35. The van der Waals surface area contributed by atoms with Gasteiger partial charge in [0.15, 0.2) is 11.5 Å². The van der Waals surface area contributed by atoms with Gasteiger partial charge in [0.05, 0.1) is 26.3 Å². The van der Waals surface area contributed by atoms with Crippen LogP contribution < -0.4 is 14.2 Å². The number of carboxylic acids is 2. The number of carbonyl (C=O) groups excluding carboxylic acids is 1. The molecule has 194 valence electrons. The van der Waals surface area contributed by atoms with Gasteiger partial charge < -0.3 is 29.3 Å². The topological polar surface area (TPSA) is 169 Å². The van der Waals surface area contributed by atoms with Crippen LogP contribution in [0, 0.1) is 10.1 Å². The van der Waals surface area contributed by atoms with Crippen LogP contribution in [-0.4, -0.2) is 90.3 Å². The number of aliphatic carboxylic acids is 2. The Hall–Kier alpha value is -4.39. The van der Waals surface area contributed by atoms with E-state index in [1.54, 1.807) is 26.2 Å². The van der Waals surface area contributed by atoms with Crippen LogP contribution >= 0.6 is 0 Å². The number of carboxylic acid groups (broad SMARTS) is 2. The Bertz CT molecular complexity index is 1080. The fourth-order valence-electron chi connectivity index (χ4n) is 3.47. The molecule has 0 aliphatic carbocycles. The number of nitro groups is 1. The maximum Gasteiger partial charge on any atom is 0.414 e. The highest BCUT2D eigenvalue weighted by atomic mass is 16.6. The fourth-order valence-corrected chi connectivity index (χ4v) is 3.47. The molecule has 0 bridgehead atoms. The van der Waals surface area contributed by atoms with Crippen molar-refractivity contribution in [3.05, 3.63) is 57.6 Å². The van der Waals surface area contributed by atoms with Gasteiger partial charge in [-0.25, -0.2) is 9.59 Å². The molecular formula is C23H27N3O10. The summed E-state index contributed by atoms with van der Waals surface area (Å²) in [6, 6.07) is 9.43. The molecule has 36 heavy (non-hydrogen) atoms. The molecule has 1 aliphatic rings. The van der Waals surface area contributed by atoms with Gasteiger partial charge in [0.25, 0.3) is 11.6 Å². The van der Waals surface area contributed by atoms with Gasteiger partial charge in [0.1, 0.15) is 5.75 Å². The standard InChI is InChI=1S/C21H25N3O6.C2H2O4/c1-28-18-13-20(30-3)19(29-2)12-16(18)14-22-8-10-23(11-9-22)21(25)15-4-6-17(7-5-15)24(26)27;3-1(4)2(5)6/h4-7,12-13H,8-11,14H2,1-3H3;(H,3,4)(H,5,6). The maximum absolute atomic E-state index is 12.7. The number of nitro benzene ring substituents is 1. The molecule has 1 saturated heterocycles. The Morgan fingerprint density at radius 1 is 0.861 bits per heavy atom. The molecule has 2 aromatic carbocycles. The van der Waals surface area contributed by atoms with E-state index in [1.807, 2.05) is 12.1 Å². The summed E-state index contributed by atoms with van der Waals surface area (Å²) in [7, 11) is 4.79. The molecule has 1 heterocycles. The first kappa shape index (κ1) is 27.9. The summed E-state index contributed by atoms with van der Waals surface area (Å²) in [5, 5.41) is 25.6. The lowest BCUT2D eigenvalue weighted by molar-refractivity contribution is -0.384. The number of hydrogen-bond donors (Lipinski definition) is 2. The molecule has 2 N–H and O–H groups in total. The molecule has 0 aromatic heterocycles. The van der Waals surface area contributed by atoms with Crippen molar-refractivity contribution in [1.29, 1.82) is 0 Å². The van der Waals surface area contributed by atoms with E-state index in [0.29, 0.717) is 49.8 Å². The second-order valence-electron chi connectivity index (χ2n) is 7.50. The SMILES string of the molecule is COc1cc(OC)c(OC)cc1CN1CCN(C(=O)c2ccc([N+](=O)[O-])cc2)CC1.O=C(O)C(=O)O. The van der Waals surface area contributed by atoms with Gasteiger partial charge in [-0.05, 0) is 18.2 Å². The number of rotatable bonds is 7. The van der Waals surface area contributed by atoms with Gasteiger partial charge in [-0.15, -0.1) is 0 Å². The lowest BCUT2D eigenvalue weighted by atomic mass is 10.1. The molecule has 0 atom stereocenters. The van der Waals surface area contributed by atoms with Crippen LogP contribution in [-0.2, 0) is 16.1 Å². The number of ether oxygens (including phenoxy) is 3. The largest absolute Gasteiger partial charge is 0.496 e. The third kappa shape index (κ3) is 7.30. The molecule has 0 saturated carbocycles. The summed E-state index contributed by atoms with van der Waals surface area (Å²) in [5.41, 5.74) is 1.40. The second-order valence-corrected chi connectivity index (χ2v) is 7.50. The molecular weight excluding hydrogens is 478 g/mol. The van der Waals surface area contributed by atoms with Crippen molar-refractivity contribution >= 4 is 23.5 Å². The number of nitrogens with zero attached hydrogens (tertiary/aromatic N) is 3. The first-order valence-electron chi connectivity index (χ1n) is 10.6. The predicted molar refractivity (Wildman–Crippen MR) is 126 cm³/mol. The lowest BCUT2D eigenvalue weighted by Gasteiger charge is -2.35. The fraction of sp³-hybridized carbons (Fsp3) is 0.348. The Morgan fingerprint density at radius 2 is 1.36 bits per heavy atom. The van der Waals surface area contributed by atoms with Crippen molar-refractivity contribution in [3.63, 3.8) is 0 Å². The van der Waals surface area contributed by atoms with Crippen LogP contribution in [0.4, 0.5) is 5.69 Å². The van der Waals surface area contributed by atoms with Gasteiger partial charge >= 0.3 is 11.9 Å². The van der Waals surface area contributed by atoms with Gasteiger partial charge in [0.2, 0.25) is 0 Å². The van der Waals surface area contributed by atoms with Gasteiger partial charge in [-0.3, -0.25) is 19.8 Å². The highest BCUT2D eigenvalue weighted by molar-refractivity contribution is 6.27. The molecule has 13 heteroatoms. The second kappa shape index (κ2) is 12.9. The number of non-ortho nitro benzene ring substituents is 1. The van der Waals surface area contributed by atoms with Gasteiger partial charge in [-0.2, -0.15) is 0 Å². The molecule has 2 aromatic rings. The molecule has 0 unspecified atom stereocenters. The number of methoxy groups -OCH3 is 3.